The molecule has 0 aromatic heterocycles. The Balaban J connectivity index is 1.84. The molecule has 5 nitrogen and oxygen atoms in total. The minimum Gasteiger partial charge on any atom is -0.493 e. The van der Waals surface area contributed by atoms with Crippen LogP contribution in [0.15, 0.2) is 42.5 Å². The number of hydrogen-bond donors (Lipinski definition) is 1. The molecule has 1 unspecified atom stereocenters. The molecule has 1 atom stereocenters. The van der Waals surface area contributed by atoms with Gasteiger partial charge in [0, 0.05) is 0 Å². The fourth-order valence-electron chi connectivity index (χ4n) is 2.51. The molecule has 0 saturated heterocycles. The SMILES string of the molecule is CCC(Oc1cccc(C)c1C)C(=O)NCCOc1ccccc1OC. The van der Waals surface area contributed by atoms with Gasteiger partial charge >= 0.3 is 0 Å². The lowest BCUT2D eigenvalue weighted by atomic mass is 10.1. The molecular formula is C21H27NO4. The Morgan fingerprint density at radius 2 is 1.73 bits per heavy atom. The highest BCUT2D eigenvalue weighted by molar-refractivity contribution is 5.81. The van der Waals surface area contributed by atoms with Crippen LogP contribution in [0.5, 0.6) is 17.2 Å². The van der Waals surface area contributed by atoms with Crippen LogP contribution in [0, 0.1) is 13.8 Å². The summed E-state index contributed by atoms with van der Waals surface area (Å²) in [4.78, 5) is 12.4. The van der Waals surface area contributed by atoms with E-state index in [-0.39, 0.29) is 5.91 Å². The Kier molecular flexibility index (Phi) is 7.33. The molecule has 0 radical (unpaired) electrons. The first kappa shape index (κ1) is 19.6. The molecule has 0 aliphatic heterocycles. The van der Waals surface area contributed by atoms with E-state index in [0.29, 0.717) is 31.1 Å². The monoisotopic (exact) mass is 357 g/mol. The second kappa shape index (κ2) is 9.70. The molecule has 2 rings (SSSR count). The Morgan fingerprint density at radius 3 is 2.42 bits per heavy atom. The highest BCUT2D eigenvalue weighted by Gasteiger charge is 2.19. The van der Waals surface area contributed by atoms with Crippen molar-refractivity contribution in [1.29, 1.82) is 0 Å². The van der Waals surface area contributed by atoms with E-state index in [4.69, 9.17) is 14.2 Å². The summed E-state index contributed by atoms with van der Waals surface area (Å²) in [5.74, 6) is 1.93. The lowest BCUT2D eigenvalue weighted by Gasteiger charge is -2.19. The Bertz CT molecular complexity index is 730. The third-order valence-corrected chi connectivity index (χ3v) is 4.22. The Hall–Kier alpha value is -2.69. The first-order valence-electron chi connectivity index (χ1n) is 8.83. The summed E-state index contributed by atoms with van der Waals surface area (Å²) in [5, 5.41) is 2.87. The fourth-order valence-corrected chi connectivity index (χ4v) is 2.51. The highest BCUT2D eigenvalue weighted by Crippen LogP contribution is 2.25. The van der Waals surface area contributed by atoms with Crippen molar-refractivity contribution in [2.45, 2.75) is 33.3 Å². The number of methoxy groups -OCH3 is 1. The van der Waals surface area contributed by atoms with Gasteiger partial charge in [-0.1, -0.05) is 31.2 Å². The summed E-state index contributed by atoms with van der Waals surface area (Å²) < 4.78 is 16.8. The molecule has 0 fully saturated rings. The van der Waals surface area contributed by atoms with Gasteiger partial charge in [-0.3, -0.25) is 4.79 Å². The van der Waals surface area contributed by atoms with E-state index in [9.17, 15) is 4.79 Å². The van der Waals surface area contributed by atoms with Crippen molar-refractivity contribution >= 4 is 5.91 Å². The van der Waals surface area contributed by atoms with Crippen molar-refractivity contribution in [2.75, 3.05) is 20.3 Å². The summed E-state index contributed by atoms with van der Waals surface area (Å²) >= 11 is 0. The predicted octanol–water partition coefficient (Wildman–Crippen LogP) is 3.66. The normalized spacial score (nSPS) is 11.5. The van der Waals surface area contributed by atoms with Crippen molar-refractivity contribution in [1.82, 2.24) is 5.32 Å². The minimum absolute atomic E-state index is 0.142. The van der Waals surface area contributed by atoms with Gasteiger partial charge < -0.3 is 19.5 Å². The number of rotatable bonds is 9. The van der Waals surface area contributed by atoms with Gasteiger partial charge in [-0.15, -0.1) is 0 Å². The van der Waals surface area contributed by atoms with Crippen LogP contribution in [0.4, 0.5) is 0 Å². The van der Waals surface area contributed by atoms with Crippen LogP contribution in [0.3, 0.4) is 0 Å². The molecule has 0 saturated carbocycles. The topological polar surface area (TPSA) is 56.8 Å². The van der Waals surface area contributed by atoms with Crippen LogP contribution in [-0.4, -0.2) is 32.3 Å². The van der Waals surface area contributed by atoms with Gasteiger partial charge in [0.2, 0.25) is 0 Å². The van der Waals surface area contributed by atoms with Gasteiger partial charge in [0.25, 0.3) is 5.91 Å². The lowest BCUT2D eigenvalue weighted by molar-refractivity contribution is -0.128. The van der Waals surface area contributed by atoms with Crippen molar-refractivity contribution in [3.63, 3.8) is 0 Å². The number of carbonyl (C=O) groups excluding carboxylic acids is 1. The molecule has 140 valence electrons. The number of ether oxygens (including phenoxy) is 3. The number of para-hydroxylation sites is 2. The molecular weight excluding hydrogens is 330 g/mol. The first-order chi connectivity index (χ1) is 12.6. The van der Waals surface area contributed by atoms with E-state index in [1.807, 2.05) is 63.2 Å². The first-order valence-corrected chi connectivity index (χ1v) is 8.83. The molecule has 1 amide bonds. The van der Waals surface area contributed by atoms with Crippen LogP contribution in [0.25, 0.3) is 0 Å². The molecule has 26 heavy (non-hydrogen) atoms. The summed E-state index contributed by atoms with van der Waals surface area (Å²) in [7, 11) is 1.60. The zero-order chi connectivity index (χ0) is 18.9. The minimum atomic E-state index is -0.526. The van der Waals surface area contributed by atoms with Gasteiger partial charge in [-0.2, -0.15) is 0 Å². The average Bonchev–Trinajstić information content (AvgIpc) is 2.66. The summed E-state index contributed by atoms with van der Waals surface area (Å²) in [6, 6.07) is 13.3. The molecule has 1 N–H and O–H groups in total. The molecule has 0 aliphatic rings. The number of carbonyl (C=O) groups is 1. The number of nitrogens with one attached hydrogen (secondary N) is 1. The number of hydrogen-bond acceptors (Lipinski definition) is 4. The Labute approximate surface area is 155 Å². The summed E-state index contributed by atoms with van der Waals surface area (Å²) in [5.41, 5.74) is 2.20. The van der Waals surface area contributed by atoms with Gasteiger partial charge in [-0.25, -0.2) is 0 Å². The summed E-state index contributed by atoms with van der Waals surface area (Å²) in [6.07, 6.45) is 0.0637. The van der Waals surface area contributed by atoms with E-state index in [1.165, 1.54) is 0 Å². The largest absolute Gasteiger partial charge is 0.493 e. The van der Waals surface area contributed by atoms with Crippen LogP contribution in [-0.2, 0) is 4.79 Å². The highest BCUT2D eigenvalue weighted by atomic mass is 16.5. The zero-order valence-electron chi connectivity index (χ0n) is 15.9. The van der Waals surface area contributed by atoms with Gasteiger partial charge in [0.05, 0.1) is 13.7 Å². The van der Waals surface area contributed by atoms with Crippen LogP contribution in [0.2, 0.25) is 0 Å². The van der Waals surface area contributed by atoms with Crippen LogP contribution in [0.1, 0.15) is 24.5 Å². The van der Waals surface area contributed by atoms with E-state index in [2.05, 4.69) is 5.32 Å². The van der Waals surface area contributed by atoms with Crippen molar-refractivity contribution in [2.24, 2.45) is 0 Å². The van der Waals surface area contributed by atoms with Crippen molar-refractivity contribution < 1.29 is 19.0 Å². The summed E-state index contributed by atoms with van der Waals surface area (Å²) in [6.45, 7) is 6.70. The number of aryl methyl sites for hydroxylation is 1. The zero-order valence-corrected chi connectivity index (χ0v) is 15.9. The number of amides is 1. The third kappa shape index (κ3) is 5.15. The van der Waals surface area contributed by atoms with Gasteiger partial charge in [0.15, 0.2) is 17.6 Å². The predicted molar refractivity (Wildman–Crippen MR) is 102 cm³/mol. The Morgan fingerprint density at radius 1 is 1.04 bits per heavy atom. The van der Waals surface area contributed by atoms with Crippen molar-refractivity contribution in [3.8, 4) is 17.2 Å². The molecule has 0 heterocycles. The van der Waals surface area contributed by atoms with E-state index >= 15 is 0 Å². The standard InChI is InChI=1S/C21H27NO4/c1-5-17(26-18-12-8-9-15(2)16(18)3)21(23)22-13-14-25-20-11-7-6-10-19(20)24-4/h6-12,17H,5,13-14H2,1-4H3,(H,22,23). The van der Waals surface area contributed by atoms with Gasteiger partial charge in [0.1, 0.15) is 12.4 Å². The molecule has 2 aromatic carbocycles. The van der Waals surface area contributed by atoms with Crippen LogP contribution >= 0.6 is 0 Å². The fraction of sp³-hybridized carbons (Fsp3) is 0.381. The smallest absolute Gasteiger partial charge is 0.261 e. The molecule has 0 bridgehead atoms. The lowest BCUT2D eigenvalue weighted by Crippen LogP contribution is -2.39. The maximum absolute atomic E-state index is 12.4. The van der Waals surface area contributed by atoms with E-state index in [0.717, 1.165) is 16.9 Å². The quantitative estimate of drug-likeness (QED) is 0.696. The molecule has 0 aliphatic carbocycles. The van der Waals surface area contributed by atoms with Crippen LogP contribution < -0.4 is 19.5 Å². The van der Waals surface area contributed by atoms with Gasteiger partial charge in [-0.05, 0) is 49.6 Å². The molecule has 5 heteroatoms. The second-order valence-corrected chi connectivity index (χ2v) is 6.00. The molecule has 2 aromatic rings. The van der Waals surface area contributed by atoms with E-state index in [1.54, 1.807) is 7.11 Å². The second-order valence-electron chi connectivity index (χ2n) is 6.00. The maximum atomic E-state index is 12.4. The maximum Gasteiger partial charge on any atom is 0.261 e. The number of benzene rings is 2. The van der Waals surface area contributed by atoms with E-state index < -0.39 is 6.10 Å². The molecule has 0 spiro atoms. The third-order valence-electron chi connectivity index (χ3n) is 4.22. The van der Waals surface area contributed by atoms with Crippen molar-refractivity contribution in [3.05, 3.63) is 53.6 Å². The average molecular weight is 357 g/mol.